The topological polar surface area (TPSA) is 19.6 Å². The molecule has 0 amide bonds. The molecule has 0 N–H and O–H groups in total. The van der Waals surface area contributed by atoms with Crippen LogP contribution in [0.2, 0.25) is 0 Å². The van der Waals surface area contributed by atoms with Gasteiger partial charge in [-0.3, -0.25) is 0 Å². The fourth-order valence-electron chi connectivity index (χ4n) is 10.9. The molecule has 1 heterocycles. The molecule has 13 rings (SSSR count). The molecular formula is C59H38N2O. The molecule has 3 heteroatoms. The van der Waals surface area contributed by atoms with Crippen molar-refractivity contribution < 1.29 is 4.42 Å². The number of hydrogen-bond donors (Lipinski definition) is 0. The third-order valence-electron chi connectivity index (χ3n) is 13.2. The first kappa shape index (κ1) is 34.7. The van der Waals surface area contributed by atoms with Crippen LogP contribution in [0.5, 0.6) is 0 Å². The molecule has 1 spiro atoms. The minimum absolute atomic E-state index is 0.679. The molecule has 1 unspecified atom stereocenters. The molecule has 0 fully saturated rings. The summed E-state index contributed by atoms with van der Waals surface area (Å²) in [6.07, 6.45) is 0. The summed E-state index contributed by atoms with van der Waals surface area (Å²) in [5.74, 6) is 0. The van der Waals surface area contributed by atoms with Gasteiger partial charge >= 0.3 is 0 Å². The fraction of sp³-hybridized carbons (Fsp3) is 0.0169. The second-order valence-corrected chi connectivity index (χ2v) is 16.3. The highest BCUT2D eigenvalue weighted by molar-refractivity contribution is 6.14. The molecule has 0 saturated carbocycles. The lowest BCUT2D eigenvalue weighted by Crippen LogP contribution is -2.28. The van der Waals surface area contributed by atoms with Gasteiger partial charge in [0, 0.05) is 39.0 Å². The van der Waals surface area contributed by atoms with E-state index in [1.54, 1.807) is 0 Å². The van der Waals surface area contributed by atoms with Gasteiger partial charge < -0.3 is 14.2 Å². The van der Waals surface area contributed by atoms with Crippen molar-refractivity contribution >= 4 is 66.8 Å². The largest absolute Gasteiger partial charge is 0.454 e. The zero-order valence-electron chi connectivity index (χ0n) is 33.7. The Morgan fingerprint density at radius 3 is 1.53 bits per heavy atom. The SMILES string of the molecule is c1ccc(N(c2ccccc2)c2cccc3c2-c2ccccc2C32c3ccccc3-c3c2c(N(c2ccccc2)c2cccc4c2oc2ccccc24)cc2ccccc32)cc1. The van der Waals surface area contributed by atoms with E-state index in [1.165, 1.54) is 55.3 Å². The average molecular weight is 791 g/mol. The van der Waals surface area contributed by atoms with E-state index in [2.05, 4.69) is 240 Å². The molecule has 0 saturated heterocycles. The van der Waals surface area contributed by atoms with Gasteiger partial charge in [0.1, 0.15) is 5.58 Å². The van der Waals surface area contributed by atoms with Gasteiger partial charge in [0.2, 0.25) is 0 Å². The molecule has 1 atom stereocenters. The molecule has 2 aliphatic carbocycles. The summed E-state index contributed by atoms with van der Waals surface area (Å²) in [5.41, 5.74) is 17.7. The number of rotatable bonds is 6. The first-order chi connectivity index (χ1) is 30.8. The van der Waals surface area contributed by atoms with Gasteiger partial charge in [0.15, 0.2) is 5.58 Å². The zero-order chi connectivity index (χ0) is 40.8. The predicted octanol–water partition coefficient (Wildman–Crippen LogP) is 16.0. The molecule has 62 heavy (non-hydrogen) atoms. The second kappa shape index (κ2) is 13.4. The predicted molar refractivity (Wildman–Crippen MR) is 257 cm³/mol. The van der Waals surface area contributed by atoms with Crippen LogP contribution in [-0.2, 0) is 5.41 Å². The number of benzene rings is 10. The minimum atomic E-state index is -0.679. The average Bonchev–Trinajstić information content (AvgIpc) is 3.98. The van der Waals surface area contributed by atoms with Crippen LogP contribution in [0.1, 0.15) is 22.3 Å². The van der Waals surface area contributed by atoms with Crippen molar-refractivity contribution in [2.75, 3.05) is 9.80 Å². The molecule has 0 aliphatic heterocycles. The Kier molecular flexibility index (Phi) is 7.52. The Balaban J connectivity index is 1.20. The number of fused-ring (bicyclic) bond motifs is 15. The Labute approximate surface area is 360 Å². The standard InChI is InChI=1S/C59H38N2O/c1-4-21-40(22-5-1)60(41-23-6-2-7-24-41)51-35-19-34-50-56(51)47-30-13-16-33-49(47)59(50)48-32-15-12-29-46(48)55-43-27-11-10-20-39(43)38-53(57(55)59)61(42-25-8-3-9-26-42)52-36-18-31-45-44-28-14-17-37-54(44)62-58(45)52/h1-38H. The summed E-state index contributed by atoms with van der Waals surface area (Å²) >= 11 is 0. The van der Waals surface area contributed by atoms with E-state index in [9.17, 15) is 0 Å². The van der Waals surface area contributed by atoms with E-state index < -0.39 is 5.41 Å². The Morgan fingerprint density at radius 2 is 0.839 bits per heavy atom. The third kappa shape index (κ3) is 4.76. The highest BCUT2D eigenvalue weighted by Crippen LogP contribution is 2.68. The smallest absolute Gasteiger partial charge is 0.159 e. The number of nitrogens with zero attached hydrogens (tertiary/aromatic N) is 2. The molecule has 1 aromatic heterocycles. The van der Waals surface area contributed by atoms with Crippen LogP contribution in [0.25, 0.3) is 55.0 Å². The lowest BCUT2D eigenvalue weighted by Gasteiger charge is -2.36. The maximum absolute atomic E-state index is 6.88. The van der Waals surface area contributed by atoms with E-state index in [-0.39, 0.29) is 0 Å². The van der Waals surface area contributed by atoms with Crippen molar-refractivity contribution in [3.63, 3.8) is 0 Å². The van der Waals surface area contributed by atoms with Crippen LogP contribution in [-0.4, -0.2) is 0 Å². The highest BCUT2D eigenvalue weighted by Gasteiger charge is 2.54. The second-order valence-electron chi connectivity index (χ2n) is 16.3. The highest BCUT2D eigenvalue weighted by atomic mass is 16.3. The van der Waals surface area contributed by atoms with Crippen LogP contribution in [0.3, 0.4) is 0 Å². The van der Waals surface area contributed by atoms with E-state index in [4.69, 9.17) is 4.42 Å². The van der Waals surface area contributed by atoms with Gasteiger partial charge in [0.25, 0.3) is 0 Å². The molecule has 3 nitrogen and oxygen atoms in total. The molecule has 11 aromatic rings. The van der Waals surface area contributed by atoms with Crippen molar-refractivity contribution in [1.82, 2.24) is 0 Å². The molecule has 10 aromatic carbocycles. The van der Waals surface area contributed by atoms with Crippen LogP contribution in [0.15, 0.2) is 235 Å². The first-order valence-corrected chi connectivity index (χ1v) is 21.4. The van der Waals surface area contributed by atoms with E-state index in [0.717, 1.165) is 56.1 Å². The monoisotopic (exact) mass is 790 g/mol. The van der Waals surface area contributed by atoms with Crippen LogP contribution >= 0.6 is 0 Å². The van der Waals surface area contributed by atoms with Gasteiger partial charge in [-0.15, -0.1) is 0 Å². The number of furan rings is 1. The van der Waals surface area contributed by atoms with Crippen molar-refractivity contribution in [3.05, 3.63) is 253 Å². The van der Waals surface area contributed by atoms with E-state index in [1.807, 2.05) is 0 Å². The van der Waals surface area contributed by atoms with Gasteiger partial charge in [-0.25, -0.2) is 0 Å². The Hall–Kier alpha value is -8.14. The van der Waals surface area contributed by atoms with Gasteiger partial charge in [-0.1, -0.05) is 170 Å². The van der Waals surface area contributed by atoms with Crippen molar-refractivity contribution in [1.29, 1.82) is 0 Å². The van der Waals surface area contributed by atoms with Gasteiger partial charge in [-0.05, 0) is 105 Å². The van der Waals surface area contributed by atoms with Crippen LogP contribution in [0.4, 0.5) is 34.1 Å². The van der Waals surface area contributed by atoms with Crippen LogP contribution in [0, 0.1) is 0 Å². The summed E-state index contributed by atoms with van der Waals surface area (Å²) in [4.78, 5) is 4.89. The maximum atomic E-state index is 6.88. The summed E-state index contributed by atoms with van der Waals surface area (Å²) in [5, 5.41) is 4.63. The lowest BCUT2D eigenvalue weighted by molar-refractivity contribution is 0.669. The van der Waals surface area contributed by atoms with Gasteiger partial charge in [-0.2, -0.15) is 0 Å². The van der Waals surface area contributed by atoms with E-state index in [0.29, 0.717) is 0 Å². The van der Waals surface area contributed by atoms with Crippen molar-refractivity contribution in [2.45, 2.75) is 5.41 Å². The lowest BCUT2D eigenvalue weighted by atomic mass is 9.69. The molecule has 0 radical (unpaired) electrons. The molecule has 2 aliphatic rings. The maximum Gasteiger partial charge on any atom is 0.159 e. The number of para-hydroxylation sites is 5. The minimum Gasteiger partial charge on any atom is -0.454 e. The fourth-order valence-corrected chi connectivity index (χ4v) is 10.9. The molecule has 290 valence electrons. The quantitative estimate of drug-likeness (QED) is 0.167. The summed E-state index contributed by atoms with van der Waals surface area (Å²) in [7, 11) is 0. The normalized spacial score (nSPS) is 14.5. The Bertz CT molecular complexity index is 3500. The summed E-state index contributed by atoms with van der Waals surface area (Å²) < 4.78 is 6.88. The van der Waals surface area contributed by atoms with E-state index >= 15 is 0 Å². The van der Waals surface area contributed by atoms with Crippen molar-refractivity contribution in [3.8, 4) is 22.3 Å². The number of hydrogen-bond acceptors (Lipinski definition) is 3. The van der Waals surface area contributed by atoms with Crippen molar-refractivity contribution in [2.24, 2.45) is 0 Å². The Morgan fingerprint density at radius 1 is 0.339 bits per heavy atom. The third-order valence-corrected chi connectivity index (χ3v) is 13.2. The summed E-state index contributed by atoms with van der Waals surface area (Å²) in [6.45, 7) is 0. The van der Waals surface area contributed by atoms with Crippen LogP contribution < -0.4 is 9.80 Å². The summed E-state index contributed by atoms with van der Waals surface area (Å²) in [6, 6.07) is 84.0. The van der Waals surface area contributed by atoms with Gasteiger partial charge in [0.05, 0.1) is 22.5 Å². The zero-order valence-corrected chi connectivity index (χ0v) is 33.7. The number of anilines is 6. The molecule has 0 bridgehead atoms. The molecular weight excluding hydrogens is 753 g/mol. The first-order valence-electron chi connectivity index (χ1n) is 21.4.